The van der Waals surface area contributed by atoms with E-state index < -0.39 is 0 Å². The van der Waals surface area contributed by atoms with Crippen molar-refractivity contribution in [3.05, 3.63) is 33.9 Å². The Bertz CT molecular complexity index is 544. The Morgan fingerprint density at radius 3 is 2.42 bits per heavy atom. The third kappa shape index (κ3) is 2.53. The summed E-state index contributed by atoms with van der Waals surface area (Å²) in [5.41, 5.74) is 1.01. The van der Waals surface area contributed by atoms with Crippen molar-refractivity contribution in [3.63, 3.8) is 0 Å². The summed E-state index contributed by atoms with van der Waals surface area (Å²) < 4.78 is 0. The van der Waals surface area contributed by atoms with E-state index in [1.54, 1.807) is 6.07 Å². The molecule has 0 radical (unpaired) electrons. The molecule has 1 aromatic carbocycles. The van der Waals surface area contributed by atoms with Crippen molar-refractivity contribution in [2.75, 3.05) is 5.32 Å². The van der Waals surface area contributed by atoms with E-state index in [4.69, 9.17) is 5.26 Å². The third-order valence-electron chi connectivity index (χ3n) is 3.90. The van der Waals surface area contributed by atoms with Gasteiger partial charge in [0.25, 0.3) is 5.69 Å². The molecular formula is C14H15N3O2. The van der Waals surface area contributed by atoms with Gasteiger partial charge in [0.1, 0.15) is 5.69 Å². The van der Waals surface area contributed by atoms with Gasteiger partial charge in [-0.3, -0.25) is 10.1 Å². The summed E-state index contributed by atoms with van der Waals surface area (Å²) in [6.07, 6.45) is 4.83. The minimum absolute atomic E-state index is 0.0605. The molecule has 0 unspecified atom stereocenters. The zero-order chi connectivity index (χ0) is 13.4. The Balaban J connectivity index is 1.88. The van der Waals surface area contributed by atoms with Crippen molar-refractivity contribution in [1.29, 1.82) is 5.26 Å². The van der Waals surface area contributed by atoms with Crippen LogP contribution in [0.4, 0.5) is 11.4 Å². The molecule has 0 heterocycles. The lowest BCUT2D eigenvalue weighted by Gasteiger charge is -2.19. The van der Waals surface area contributed by atoms with Crippen molar-refractivity contribution in [2.24, 2.45) is 11.8 Å². The van der Waals surface area contributed by atoms with Crippen LogP contribution >= 0.6 is 0 Å². The second kappa shape index (κ2) is 4.54. The van der Waals surface area contributed by atoms with Crippen LogP contribution in [0.1, 0.15) is 31.2 Å². The fraction of sp³-hybridized carbons (Fsp3) is 0.500. The molecule has 0 aliphatic heterocycles. The summed E-state index contributed by atoms with van der Waals surface area (Å²) >= 11 is 0. The fourth-order valence-electron chi connectivity index (χ4n) is 2.59. The number of anilines is 1. The van der Waals surface area contributed by atoms with Gasteiger partial charge in [-0.25, -0.2) is 0 Å². The molecular weight excluding hydrogens is 242 g/mol. The molecule has 2 fully saturated rings. The molecule has 2 aliphatic carbocycles. The zero-order valence-corrected chi connectivity index (χ0v) is 10.5. The van der Waals surface area contributed by atoms with Gasteiger partial charge < -0.3 is 5.32 Å². The molecule has 2 aliphatic rings. The largest absolute Gasteiger partial charge is 0.376 e. The van der Waals surface area contributed by atoms with E-state index in [1.807, 2.05) is 6.07 Å². The van der Waals surface area contributed by atoms with Crippen molar-refractivity contribution >= 4 is 11.4 Å². The van der Waals surface area contributed by atoms with Crippen LogP contribution in [0.15, 0.2) is 18.2 Å². The maximum absolute atomic E-state index is 11.1. The molecule has 2 saturated carbocycles. The van der Waals surface area contributed by atoms with Gasteiger partial charge in [0.15, 0.2) is 0 Å². The summed E-state index contributed by atoms with van der Waals surface area (Å²) in [5.74, 6) is 1.30. The maximum atomic E-state index is 11.1. The topological polar surface area (TPSA) is 79.0 Å². The molecule has 98 valence electrons. The summed E-state index contributed by atoms with van der Waals surface area (Å²) in [4.78, 5) is 10.7. The number of nitrogens with zero attached hydrogens (tertiary/aromatic N) is 2. The van der Waals surface area contributed by atoms with Crippen LogP contribution in [0.25, 0.3) is 0 Å². The average Bonchev–Trinajstić information content (AvgIpc) is 3.28. The molecule has 0 saturated heterocycles. The first-order valence-electron chi connectivity index (χ1n) is 6.64. The zero-order valence-electron chi connectivity index (χ0n) is 10.5. The van der Waals surface area contributed by atoms with Crippen LogP contribution in [-0.4, -0.2) is 11.0 Å². The molecule has 5 nitrogen and oxygen atoms in total. The van der Waals surface area contributed by atoms with Gasteiger partial charge >= 0.3 is 0 Å². The predicted octanol–water partition coefficient (Wildman–Crippen LogP) is 3.07. The Morgan fingerprint density at radius 2 is 1.95 bits per heavy atom. The van der Waals surface area contributed by atoms with E-state index in [1.165, 1.54) is 37.8 Å². The van der Waals surface area contributed by atoms with Crippen LogP contribution in [0.3, 0.4) is 0 Å². The van der Waals surface area contributed by atoms with Gasteiger partial charge in [0.05, 0.1) is 16.6 Å². The summed E-state index contributed by atoms with van der Waals surface area (Å²) in [7, 11) is 0. The molecule has 0 atom stereocenters. The molecule has 0 spiro atoms. The van der Waals surface area contributed by atoms with Gasteiger partial charge in [0.2, 0.25) is 0 Å². The van der Waals surface area contributed by atoms with Crippen LogP contribution in [-0.2, 0) is 0 Å². The molecule has 1 aromatic rings. The first-order chi connectivity index (χ1) is 9.19. The van der Waals surface area contributed by atoms with Gasteiger partial charge in [-0.05, 0) is 49.7 Å². The second-order valence-corrected chi connectivity index (χ2v) is 5.45. The number of nitrogens with one attached hydrogen (secondary N) is 1. The van der Waals surface area contributed by atoms with Crippen molar-refractivity contribution < 1.29 is 4.92 Å². The highest BCUT2D eigenvalue weighted by molar-refractivity contribution is 5.65. The van der Waals surface area contributed by atoms with Crippen LogP contribution in [0.2, 0.25) is 0 Å². The van der Waals surface area contributed by atoms with E-state index >= 15 is 0 Å². The smallest absolute Gasteiger partial charge is 0.292 e. The second-order valence-electron chi connectivity index (χ2n) is 5.45. The minimum atomic E-state index is -0.389. The Hall–Kier alpha value is -2.09. The minimum Gasteiger partial charge on any atom is -0.376 e. The molecule has 0 aromatic heterocycles. The lowest BCUT2D eigenvalue weighted by atomic mass is 10.1. The molecule has 5 heteroatoms. The number of nitro groups is 1. The molecule has 1 N–H and O–H groups in total. The van der Waals surface area contributed by atoms with Crippen LogP contribution in [0.5, 0.6) is 0 Å². The van der Waals surface area contributed by atoms with E-state index in [-0.39, 0.29) is 10.6 Å². The van der Waals surface area contributed by atoms with E-state index in [9.17, 15) is 10.1 Å². The summed E-state index contributed by atoms with van der Waals surface area (Å²) in [6, 6.07) is 6.87. The van der Waals surface area contributed by atoms with Crippen molar-refractivity contribution in [3.8, 4) is 6.07 Å². The summed E-state index contributed by atoms with van der Waals surface area (Å²) in [5, 5.41) is 23.3. The first kappa shape index (κ1) is 12.0. The number of nitro benzene ring substituents is 1. The molecule has 0 bridgehead atoms. The molecule has 19 heavy (non-hydrogen) atoms. The Labute approximate surface area is 111 Å². The number of nitriles is 1. The van der Waals surface area contributed by atoms with Gasteiger partial charge in [-0.1, -0.05) is 0 Å². The van der Waals surface area contributed by atoms with E-state index in [2.05, 4.69) is 5.32 Å². The fourth-order valence-corrected chi connectivity index (χ4v) is 2.59. The lowest BCUT2D eigenvalue weighted by Crippen LogP contribution is -2.24. The predicted molar refractivity (Wildman–Crippen MR) is 70.7 cm³/mol. The Morgan fingerprint density at radius 1 is 1.32 bits per heavy atom. The van der Waals surface area contributed by atoms with Gasteiger partial charge in [-0.2, -0.15) is 5.26 Å². The van der Waals surface area contributed by atoms with Gasteiger partial charge in [-0.15, -0.1) is 0 Å². The highest BCUT2D eigenvalue weighted by Crippen LogP contribution is 2.46. The maximum Gasteiger partial charge on any atom is 0.292 e. The standard InChI is InChI=1S/C14H15N3O2/c15-8-9-1-6-13(17(18)19)12(7-9)16-14(10-2-3-10)11-4-5-11/h1,6-7,10-11,14,16H,2-5H2. The highest BCUT2D eigenvalue weighted by Gasteiger charge is 2.42. The SMILES string of the molecule is N#Cc1ccc([N+](=O)[O-])c(NC(C2CC2)C2CC2)c1. The third-order valence-corrected chi connectivity index (χ3v) is 3.90. The summed E-state index contributed by atoms with van der Waals surface area (Å²) in [6.45, 7) is 0. The molecule has 0 amide bonds. The highest BCUT2D eigenvalue weighted by atomic mass is 16.6. The van der Waals surface area contributed by atoms with Crippen molar-refractivity contribution in [1.82, 2.24) is 0 Å². The number of hydrogen-bond donors (Lipinski definition) is 1. The normalized spacial score (nSPS) is 18.1. The lowest BCUT2D eigenvalue weighted by molar-refractivity contribution is -0.384. The molecule has 3 rings (SSSR count). The van der Waals surface area contributed by atoms with E-state index in [0.717, 1.165) is 0 Å². The Kier molecular flexibility index (Phi) is 2.86. The van der Waals surface area contributed by atoms with Crippen LogP contribution in [0, 0.1) is 33.3 Å². The number of benzene rings is 1. The van der Waals surface area contributed by atoms with E-state index in [0.29, 0.717) is 29.1 Å². The number of hydrogen-bond acceptors (Lipinski definition) is 4. The van der Waals surface area contributed by atoms with Crippen LogP contribution < -0.4 is 5.32 Å². The first-order valence-corrected chi connectivity index (χ1v) is 6.64. The van der Waals surface area contributed by atoms with Crippen molar-refractivity contribution in [2.45, 2.75) is 31.7 Å². The quantitative estimate of drug-likeness (QED) is 0.649. The average molecular weight is 257 g/mol. The number of rotatable bonds is 5. The monoisotopic (exact) mass is 257 g/mol. The van der Waals surface area contributed by atoms with Gasteiger partial charge in [0, 0.05) is 12.1 Å².